The van der Waals surface area contributed by atoms with Gasteiger partial charge in [0, 0.05) is 44.2 Å². The summed E-state index contributed by atoms with van der Waals surface area (Å²) in [6.45, 7) is 1.12. The van der Waals surface area contributed by atoms with Gasteiger partial charge in [0.15, 0.2) is 11.6 Å². The smallest absolute Gasteiger partial charge is 0.263 e. The molecule has 2 fully saturated rings. The van der Waals surface area contributed by atoms with Crippen molar-refractivity contribution in [2.75, 3.05) is 23.3 Å². The molecule has 3 aromatic rings. The number of nitrogens with one attached hydrogen (secondary N) is 1. The Morgan fingerprint density at radius 3 is 2.49 bits per heavy atom. The van der Waals surface area contributed by atoms with E-state index in [0.29, 0.717) is 37.2 Å². The number of pyridine rings is 1. The summed E-state index contributed by atoms with van der Waals surface area (Å²) in [7, 11) is 0. The molecule has 202 valence electrons. The first-order valence-electron chi connectivity index (χ1n) is 13.4. The number of benzene rings is 2. The molecular weight excluding hydrogens is 502 g/mol. The largest absolute Gasteiger partial charge is 0.487 e. The predicted molar refractivity (Wildman–Crippen MR) is 144 cm³/mol. The van der Waals surface area contributed by atoms with Crippen LogP contribution in [0, 0.1) is 23.0 Å². The molecule has 0 spiro atoms. The number of ether oxygens (including phenoxy) is 1. The average molecular weight is 533 g/mol. The first-order valence-corrected chi connectivity index (χ1v) is 13.4. The van der Waals surface area contributed by atoms with Crippen molar-refractivity contribution in [1.82, 2.24) is 4.57 Å². The minimum Gasteiger partial charge on any atom is -0.487 e. The summed E-state index contributed by atoms with van der Waals surface area (Å²) in [5.41, 5.74) is 1.29. The van der Waals surface area contributed by atoms with Crippen molar-refractivity contribution < 1.29 is 18.3 Å². The molecule has 1 saturated carbocycles. The monoisotopic (exact) mass is 532 g/mol. The lowest BCUT2D eigenvalue weighted by molar-refractivity contribution is 0.102. The molecule has 9 heteroatoms. The maximum Gasteiger partial charge on any atom is 0.263 e. The number of rotatable bonds is 6. The SMILES string of the molecule is N#Cc1ccc(N2CCC(Oc3ccc(F)cc3F)CC2)c(NC(=O)c2cccn(C3CCCCC3)c2=O)c1. The van der Waals surface area contributed by atoms with Gasteiger partial charge in [-0.1, -0.05) is 19.3 Å². The number of carbonyl (C=O) groups excluding carboxylic acids is 1. The molecule has 5 rings (SSSR count). The summed E-state index contributed by atoms with van der Waals surface area (Å²) < 4.78 is 34.7. The molecule has 39 heavy (non-hydrogen) atoms. The van der Waals surface area contributed by atoms with Crippen molar-refractivity contribution in [2.45, 2.75) is 57.1 Å². The summed E-state index contributed by atoms with van der Waals surface area (Å²) in [6, 6.07) is 13.8. The van der Waals surface area contributed by atoms with E-state index in [1.54, 1.807) is 35.0 Å². The fourth-order valence-corrected chi connectivity index (χ4v) is 5.47. The lowest BCUT2D eigenvalue weighted by Crippen LogP contribution is -2.39. The lowest BCUT2D eigenvalue weighted by atomic mass is 9.95. The molecule has 1 aliphatic carbocycles. The van der Waals surface area contributed by atoms with Crippen LogP contribution in [0.5, 0.6) is 5.75 Å². The number of halogens is 2. The first kappa shape index (κ1) is 26.4. The molecule has 0 radical (unpaired) electrons. The van der Waals surface area contributed by atoms with E-state index in [1.165, 1.54) is 12.1 Å². The van der Waals surface area contributed by atoms with E-state index in [4.69, 9.17) is 4.74 Å². The Labute approximate surface area is 225 Å². The molecule has 0 unspecified atom stereocenters. The van der Waals surface area contributed by atoms with E-state index in [-0.39, 0.29) is 29.0 Å². The number of aromatic nitrogens is 1. The standard InChI is InChI=1S/C30H30F2N4O3/c31-21-9-11-28(25(32)18-21)39-23-12-15-35(16-13-23)27-10-8-20(19-33)17-26(27)34-29(37)24-7-4-14-36(30(24)38)22-5-2-1-3-6-22/h4,7-11,14,17-18,22-23H,1-3,5-6,12-13,15-16H2,(H,34,37). The third kappa shape index (κ3) is 5.95. The normalized spacial score (nSPS) is 16.5. The molecule has 0 atom stereocenters. The molecular formula is C30H30F2N4O3. The van der Waals surface area contributed by atoms with E-state index >= 15 is 0 Å². The van der Waals surface area contributed by atoms with Crippen LogP contribution in [0.15, 0.2) is 59.5 Å². The highest BCUT2D eigenvalue weighted by Crippen LogP contribution is 2.32. The minimum absolute atomic E-state index is 0.0166. The topological polar surface area (TPSA) is 87.4 Å². The molecule has 2 heterocycles. The Kier molecular flexibility index (Phi) is 7.92. The van der Waals surface area contributed by atoms with Crippen molar-refractivity contribution in [2.24, 2.45) is 0 Å². The van der Waals surface area contributed by atoms with Gasteiger partial charge in [0.05, 0.1) is 23.0 Å². The average Bonchev–Trinajstić information content (AvgIpc) is 2.95. The van der Waals surface area contributed by atoms with E-state index in [1.807, 2.05) is 0 Å². The van der Waals surface area contributed by atoms with Crippen molar-refractivity contribution in [1.29, 1.82) is 5.26 Å². The van der Waals surface area contributed by atoms with Crippen LogP contribution in [-0.4, -0.2) is 29.7 Å². The van der Waals surface area contributed by atoms with Crippen molar-refractivity contribution in [3.63, 3.8) is 0 Å². The van der Waals surface area contributed by atoms with Crippen molar-refractivity contribution >= 4 is 17.3 Å². The Morgan fingerprint density at radius 1 is 1.00 bits per heavy atom. The zero-order chi connectivity index (χ0) is 27.4. The first-order chi connectivity index (χ1) is 18.9. The Hall–Kier alpha value is -4.19. The van der Waals surface area contributed by atoms with Gasteiger partial charge in [0.1, 0.15) is 17.5 Å². The van der Waals surface area contributed by atoms with Gasteiger partial charge in [-0.2, -0.15) is 5.26 Å². The number of carbonyl (C=O) groups is 1. The zero-order valence-electron chi connectivity index (χ0n) is 21.5. The lowest BCUT2D eigenvalue weighted by Gasteiger charge is -2.35. The number of nitrogens with zero attached hydrogens (tertiary/aromatic N) is 3. The summed E-state index contributed by atoms with van der Waals surface area (Å²) >= 11 is 0. The summed E-state index contributed by atoms with van der Waals surface area (Å²) in [4.78, 5) is 28.6. The summed E-state index contributed by atoms with van der Waals surface area (Å²) in [5, 5.41) is 12.3. The van der Waals surface area contributed by atoms with Gasteiger partial charge in [0.25, 0.3) is 11.5 Å². The van der Waals surface area contributed by atoms with Crippen LogP contribution in [0.3, 0.4) is 0 Å². The summed E-state index contributed by atoms with van der Waals surface area (Å²) in [5.74, 6) is -1.90. The molecule has 1 aromatic heterocycles. The maximum atomic E-state index is 14.0. The third-order valence-corrected chi connectivity index (χ3v) is 7.53. The zero-order valence-corrected chi connectivity index (χ0v) is 21.5. The van der Waals surface area contributed by atoms with Crippen LogP contribution in [0.1, 0.15) is 66.9 Å². The van der Waals surface area contributed by atoms with Crippen molar-refractivity contribution in [3.05, 3.63) is 87.8 Å². The van der Waals surface area contributed by atoms with Crippen LogP contribution >= 0.6 is 0 Å². The Balaban J connectivity index is 1.31. The Bertz CT molecular complexity index is 1450. The van der Waals surface area contributed by atoms with Crippen LogP contribution in [-0.2, 0) is 0 Å². The fourth-order valence-electron chi connectivity index (χ4n) is 5.47. The van der Waals surface area contributed by atoms with Crippen LogP contribution in [0.2, 0.25) is 0 Å². The van der Waals surface area contributed by atoms with Gasteiger partial charge in [-0.05, 0) is 55.3 Å². The van der Waals surface area contributed by atoms with E-state index in [0.717, 1.165) is 49.9 Å². The van der Waals surface area contributed by atoms with E-state index in [9.17, 15) is 23.6 Å². The number of piperidine rings is 1. The number of hydrogen-bond acceptors (Lipinski definition) is 5. The van der Waals surface area contributed by atoms with E-state index < -0.39 is 17.5 Å². The molecule has 2 aromatic carbocycles. The highest BCUT2D eigenvalue weighted by atomic mass is 19.1. The van der Waals surface area contributed by atoms with Crippen molar-refractivity contribution in [3.8, 4) is 11.8 Å². The highest BCUT2D eigenvalue weighted by Gasteiger charge is 2.25. The molecule has 7 nitrogen and oxygen atoms in total. The molecule has 1 N–H and O–H groups in total. The number of anilines is 2. The second-order valence-corrected chi connectivity index (χ2v) is 10.1. The second kappa shape index (κ2) is 11.7. The van der Waals surface area contributed by atoms with Gasteiger partial charge in [-0.15, -0.1) is 0 Å². The Morgan fingerprint density at radius 2 is 1.77 bits per heavy atom. The third-order valence-electron chi connectivity index (χ3n) is 7.53. The van der Waals surface area contributed by atoms with Crippen LogP contribution < -0.4 is 20.5 Å². The number of hydrogen-bond donors (Lipinski definition) is 1. The van der Waals surface area contributed by atoms with E-state index in [2.05, 4.69) is 16.3 Å². The fraction of sp³-hybridized carbons (Fsp3) is 0.367. The molecule has 2 aliphatic rings. The quantitative estimate of drug-likeness (QED) is 0.433. The summed E-state index contributed by atoms with van der Waals surface area (Å²) in [6.07, 6.45) is 7.80. The minimum atomic E-state index is -0.738. The number of nitriles is 1. The predicted octanol–water partition coefficient (Wildman–Crippen LogP) is 5.80. The van der Waals surface area contributed by atoms with Gasteiger partial charge in [0.2, 0.25) is 0 Å². The molecule has 1 amide bonds. The van der Waals surface area contributed by atoms with Crippen LogP contribution in [0.25, 0.3) is 0 Å². The second-order valence-electron chi connectivity index (χ2n) is 10.1. The van der Waals surface area contributed by atoms with Gasteiger partial charge in [-0.25, -0.2) is 8.78 Å². The molecule has 0 bridgehead atoms. The van der Waals surface area contributed by atoms with Crippen LogP contribution in [0.4, 0.5) is 20.2 Å². The van der Waals surface area contributed by atoms with Gasteiger partial charge >= 0.3 is 0 Å². The molecule has 1 aliphatic heterocycles. The number of amides is 1. The highest BCUT2D eigenvalue weighted by molar-refractivity contribution is 6.05. The maximum absolute atomic E-state index is 14.0. The van der Waals surface area contributed by atoms with Gasteiger partial charge in [-0.3, -0.25) is 9.59 Å². The molecule has 1 saturated heterocycles. The van der Waals surface area contributed by atoms with Gasteiger partial charge < -0.3 is 19.5 Å².